The van der Waals surface area contributed by atoms with E-state index < -0.39 is 11.8 Å². The maximum atomic E-state index is 12.1. The molecule has 2 amide bonds. The van der Waals surface area contributed by atoms with Gasteiger partial charge in [-0.05, 0) is 74.3 Å². The summed E-state index contributed by atoms with van der Waals surface area (Å²) in [6, 6.07) is 10.1. The van der Waals surface area contributed by atoms with Crippen molar-refractivity contribution in [1.82, 2.24) is 10.2 Å². The highest BCUT2D eigenvalue weighted by atomic mass is 32.1. The third-order valence-electron chi connectivity index (χ3n) is 5.09. The van der Waals surface area contributed by atoms with E-state index in [0.717, 1.165) is 43.6 Å². The van der Waals surface area contributed by atoms with E-state index in [1.807, 2.05) is 43.4 Å². The van der Waals surface area contributed by atoms with Crippen molar-refractivity contribution in [1.29, 1.82) is 0 Å². The molecule has 0 unspecified atom stereocenters. The molecule has 1 aliphatic heterocycles. The first-order valence-corrected chi connectivity index (χ1v) is 10.3. The number of hydrogen-bond donors (Lipinski definition) is 2. The molecule has 1 aliphatic rings. The minimum atomic E-state index is -0.611. The molecule has 5 nitrogen and oxygen atoms in total. The number of benzene rings is 1. The van der Waals surface area contributed by atoms with Gasteiger partial charge < -0.3 is 15.5 Å². The normalized spacial score (nSPS) is 15.5. The minimum Gasteiger partial charge on any atom is -0.347 e. The van der Waals surface area contributed by atoms with Crippen LogP contribution in [0.25, 0.3) is 0 Å². The Morgan fingerprint density at radius 1 is 1.15 bits per heavy atom. The minimum absolute atomic E-state index is 0.489. The molecule has 1 fully saturated rings. The highest BCUT2D eigenvalue weighted by Crippen LogP contribution is 2.30. The molecule has 2 N–H and O–H groups in total. The van der Waals surface area contributed by atoms with Crippen LogP contribution in [-0.2, 0) is 9.59 Å². The fourth-order valence-electron chi connectivity index (χ4n) is 3.42. The molecule has 0 aliphatic carbocycles. The number of amides is 2. The van der Waals surface area contributed by atoms with Crippen LogP contribution in [0.5, 0.6) is 0 Å². The highest BCUT2D eigenvalue weighted by molar-refractivity contribution is 7.10. The van der Waals surface area contributed by atoms with E-state index >= 15 is 0 Å². The van der Waals surface area contributed by atoms with Gasteiger partial charge in [-0.25, -0.2) is 0 Å². The van der Waals surface area contributed by atoms with E-state index in [0.29, 0.717) is 18.2 Å². The largest absolute Gasteiger partial charge is 0.347 e. The Kier molecular flexibility index (Phi) is 6.63. The lowest BCUT2D eigenvalue weighted by Gasteiger charge is -2.31. The number of aryl methyl sites for hydroxylation is 2. The molecule has 0 radical (unpaired) electrons. The van der Waals surface area contributed by atoms with Crippen molar-refractivity contribution in [2.45, 2.75) is 32.6 Å². The molecule has 2 heterocycles. The van der Waals surface area contributed by atoms with Crippen LogP contribution >= 0.6 is 11.3 Å². The number of carbonyl (C=O) groups is 2. The zero-order valence-corrected chi connectivity index (χ0v) is 16.8. The molecular formula is C21H27N3O2S. The molecule has 0 bridgehead atoms. The van der Waals surface area contributed by atoms with Gasteiger partial charge in [-0.15, -0.1) is 11.3 Å². The lowest BCUT2D eigenvalue weighted by molar-refractivity contribution is -0.136. The Balaban J connectivity index is 1.38. The second kappa shape index (κ2) is 9.15. The highest BCUT2D eigenvalue weighted by Gasteiger charge is 2.21. The monoisotopic (exact) mass is 385 g/mol. The van der Waals surface area contributed by atoms with E-state index in [2.05, 4.69) is 33.0 Å². The number of carbonyl (C=O) groups excluding carboxylic acids is 2. The summed E-state index contributed by atoms with van der Waals surface area (Å²) in [5, 5.41) is 7.57. The van der Waals surface area contributed by atoms with E-state index in [9.17, 15) is 9.59 Å². The van der Waals surface area contributed by atoms with Gasteiger partial charge in [0.25, 0.3) is 0 Å². The van der Waals surface area contributed by atoms with E-state index in [4.69, 9.17) is 0 Å². The summed E-state index contributed by atoms with van der Waals surface area (Å²) >= 11 is 1.84. The number of nitrogens with zero attached hydrogens (tertiary/aromatic N) is 1. The van der Waals surface area contributed by atoms with Crippen LogP contribution in [0.3, 0.4) is 0 Å². The van der Waals surface area contributed by atoms with Gasteiger partial charge in [0.05, 0.1) is 0 Å². The van der Waals surface area contributed by atoms with Crippen molar-refractivity contribution in [2.24, 2.45) is 0 Å². The number of likely N-dealkylation sites (tertiary alicyclic amines) is 1. The van der Waals surface area contributed by atoms with Crippen molar-refractivity contribution < 1.29 is 9.59 Å². The molecule has 3 rings (SSSR count). The number of anilines is 1. The van der Waals surface area contributed by atoms with Crippen LogP contribution in [0.4, 0.5) is 5.69 Å². The molecule has 27 heavy (non-hydrogen) atoms. The average Bonchev–Trinajstić information content (AvgIpc) is 3.20. The lowest BCUT2D eigenvalue weighted by Crippen LogP contribution is -2.42. The summed E-state index contributed by atoms with van der Waals surface area (Å²) in [4.78, 5) is 28.0. The molecule has 144 valence electrons. The number of hydrogen-bond acceptors (Lipinski definition) is 4. The van der Waals surface area contributed by atoms with Crippen molar-refractivity contribution in [3.8, 4) is 0 Å². The third-order valence-corrected chi connectivity index (χ3v) is 6.13. The van der Waals surface area contributed by atoms with Gasteiger partial charge in [0, 0.05) is 23.7 Å². The number of piperidine rings is 1. The Morgan fingerprint density at radius 2 is 1.93 bits per heavy atom. The Morgan fingerprint density at radius 3 is 2.63 bits per heavy atom. The summed E-state index contributed by atoms with van der Waals surface area (Å²) in [7, 11) is 0. The van der Waals surface area contributed by atoms with Crippen LogP contribution in [-0.4, -0.2) is 42.9 Å². The summed E-state index contributed by atoms with van der Waals surface area (Å²) in [6.07, 6.45) is 2.31. The maximum absolute atomic E-state index is 12.1. The smallest absolute Gasteiger partial charge is 0.313 e. The summed E-state index contributed by atoms with van der Waals surface area (Å²) in [5.41, 5.74) is 2.67. The molecular weight excluding hydrogens is 358 g/mol. The molecule has 0 spiro atoms. The first-order chi connectivity index (χ1) is 13.0. The van der Waals surface area contributed by atoms with Crippen molar-refractivity contribution in [2.75, 3.05) is 31.5 Å². The fourth-order valence-corrected chi connectivity index (χ4v) is 4.32. The van der Waals surface area contributed by atoms with Gasteiger partial charge in [-0.3, -0.25) is 9.59 Å². The lowest BCUT2D eigenvalue weighted by atomic mass is 9.95. The molecule has 1 saturated heterocycles. The summed E-state index contributed by atoms with van der Waals surface area (Å²) in [5.74, 6) is -0.524. The SMILES string of the molecule is Cc1ccc(C)c(NC(=O)C(=O)NCCN2CCC(c3cccs3)CC2)c1. The first-order valence-electron chi connectivity index (χ1n) is 9.45. The summed E-state index contributed by atoms with van der Waals surface area (Å²) in [6.45, 7) is 7.20. The number of nitrogens with one attached hydrogen (secondary N) is 2. The quantitative estimate of drug-likeness (QED) is 0.777. The molecule has 0 atom stereocenters. The average molecular weight is 386 g/mol. The first kappa shape index (κ1) is 19.6. The zero-order valence-electron chi connectivity index (χ0n) is 16.0. The number of thiophene rings is 1. The Labute approximate surface area is 164 Å². The molecule has 6 heteroatoms. The molecule has 2 aromatic rings. The number of rotatable bonds is 5. The van der Waals surface area contributed by atoms with Gasteiger partial charge in [0.15, 0.2) is 0 Å². The van der Waals surface area contributed by atoms with Crippen LogP contribution in [0, 0.1) is 13.8 Å². The fraction of sp³-hybridized carbons (Fsp3) is 0.429. The predicted octanol–water partition coefficient (Wildman–Crippen LogP) is 3.30. The van der Waals surface area contributed by atoms with Gasteiger partial charge in [-0.1, -0.05) is 18.2 Å². The van der Waals surface area contributed by atoms with E-state index in [1.165, 1.54) is 4.88 Å². The molecule has 0 saturated carbocycles. The second-order valence-electron chi connectivity index (χ2n) is 7.16. The van der Waals surface area contributed by atoms with Crippen LogP contribution in [0.2, 0.25) is 0 Å². The van der Waals surface area contributed by atoms with Crippen molar-refractivity contribution in [3.05, 3.63) is 51.7 Å². The zero-order chi connectivity index (χ0) is 19.2. The van der Waals surface area contributed by atoms with E-state index in [-0.39, 0.29) is 0 Å². The van der Waals surface area contributed by atoms with Gasteiger partial charge in [0.1, 0.15) is 0 Å². The van der Waals surface area contributed by atoms with Crippen LogP contribution < -0.4 is 10.6 Å². The Bertz CT molecular complexity index is 781. The molecule has 1 aromatic carbocycles. The molecule has 1 aromatic heterocycles. The Hall–Kier alpha value is -2.18. The maximum Gasteiger partial charge on any atom is 0.313 e. The predicted molar refractivity (Wildman–Crippen MR) is 110 cm³/mol. The van der Waals surface area contributed by atoms with Crippen molar-refractivity contribution in [3.63, 3.8) is 0 Å². The third kappa shape index (κ3) is 5.40. The summed E-state index contributed by atoms with van der Waals surface area (Å²) < 4.78 is 0. The van der Waals surface area contributed by atoms with Crippen LogP contribution in [0.1, 0.15) is 34.8 Å². The van der Waals surface area contributed by atoms with E-state index in [1.54, 1.807) is 0 Å². The topological polar surface area (TPSA) is 61.4 Å². The van der Waals surface area contributed by atoms with Gasteiger partial charge >= 0.3 is 11.8 Å². The standard InChI is InChI=1S/C21H27N3O2S/c1-15-5-6-16(2)18(14-15)23-21(26)20(25)22-9-12-24-10-7-17(8-11-24)19-4-3-13-27-19/h3-6,13-14,17H,7-12H2,1-2H3,(H,22,25)(H,23,26). The van der Waals surface area contributed by atoms with Gasteiger partial charge in [-0.2, -0.15) is 0 Å². The second-order valence-corrected chi connectivity index (χ2v) is 8.14. The van der Waals surface area contributed by atoms with Crippen molar-refractivity contribution >= 4 is 28.8 Å². The van der Waals surface area contributed by atoms with Crippen LogP contribution in [0.15, 0.2) is 35.7 Å². The van der Waals surface area contributed by atoms with Gasteiger partial charge in [0.2, 0.25) is 0 Å².